The molecule has 1 aliphatic rings. The number of hydrogen-bond acceptors (Lipinski definition) is 3. The maximum atomic E-state index is 12.0. The van der Waals surface area contributed by atoms with Crippen LogP contribution >= 0.6 is 0 Å². The Morgan fingerprint density at radius 2 is 2.06 bits per heavy atom. The molecule has 0 saturated carbocycles. The Bertz CT molecular complexity index is 358. The highest BCUT2D eigenvalue weighted by atomic mass is 16.4. The van der Waals surface area contributed by atoms with Gasteiger partial charge in [-0.3, -0.25) is 9.59 Å². The number of carboxylic acid groups (broad SMARTS) is 1. The lowest BCUT2D eigenvalue weighted by Gasteiger charge is -2.37. The number of hydrogen-bond donors (Lipinski definition) is 3. The molecule has 7 heteroatoms. The molecule has 0 spiro atoms. The number of piperidine rings is 1. The molecule has 102 valence electrons. The molecule has 0 aromatic heterocycles. The Morgan fingerprint density at radius 1 is 1.44 bits per heavy atom. The van der Waals surface area contributed by atoms with Crippen molar-refractivity contribution < 1.29 is 19.5 Å². The molecule has 1 heterocycles. The molecule has 3 unspecified atom stereocenters. The molecule has 3 amide bonds. The van der Waals surface area contributed by atoms with Gasteiger partial charge in [0.1, 0.15) is 6.04 Å². The van der Waals surface area contributed by atoms with Gasteiger partial charge in [0.25, 0.3) is 0 Å². The number of rotatable bonds is 3. The number of carboxylic acids is 1. The number of urea groups is 1. The second-order valence-corrected chi connectivity index (χ2v) is 4.67. The van der Waals surface area contributed by atoms with Crippen LogP contribution in [-0.4, -0.2) is 46.5 Å². The number of aliphatic carboxylic acids is 1. The molecule has 1 aliphatic heterocycles. The zero-order chi connectivity index (χ0) is 13.9. The van der Waals surface area contributed by atoms with E-state index in [1.807, 2.05) is 6.92 Å². The van der Waals surface area contributed by atoms with Crippen molar-refractivity contribution in [2.75, 3.05) is 6.54 Å². The third-order valence-electron chi connectivity index (χ3n) is 3.24. The molecule has 18 heavy (non-hydrogen) atoms. The molecular formula is C11H19N3O4. The minimum absolute atomic E-state index is 0.149. The molecule has 0 bridgehead atoms. The van der Waals surface area contributed by atoms with Crippen LogP contribution in [0.4, 0.5) is 4.79 Å². The summed E-state index contributed by atoms with van der Waals surface area (Å²) in [6.07, 6.45) is 0.874. The number of nitrogens with zero attached hydrogens (tertiary/aromatic N) is 1. The Hall–Kier alpha value is -1.79. The number of primary amides is 1. The minimum Gasteiger partial charge on any atom is -0.481 e. The summed E-state index contributed by atoms with van der Waals surface area (Å²) in [6.45, 7) is 3.76. The first-order chi connectivity index (χ1) is 8.32. The van der Waals surface area contributed by atoms with Crippen molar-refractivity contribution in [3.05, 3.63) is 0 Å². The number of nitrogens with one attached hydrogen (secondary N) is 1. The zero-order valence-electron chi connectivity index (χ0n) is 10.5. The van der Waals surface area contributed by atoms with Crippen molar-refractivity contribution >= 4 is 17.9 Å². The quantitative estimate of drug-likeness (QED) is 0.647. The normalized spacial score (nSPS) is 25.3. The molecule has 0 aromatic rings. The van der Waals surface area contributed by atoms with Crippen LogP contribution in [0.15, 0.2) is 0 Å². The highest BCUT2D eigenvalue weighted by molar-refractivity contribution is 5.86. The van der Waals surface area contributed by atoms with E-state index in [2.05, 4.69) is 5.32 Å². The van der Waals surface area contributed by atoms with Crippen LogP contribution in [0.5, 0.6) is 0 Å². The average molecular weight is 257 g/mol. The predicted molar refractivity (Wildman–Crippen MR) is 63.7 cm³/mol. The van der Waals surface area contributed by atoms with Crippen molar-refractivity contribution in [3.63, 3.8) is 0 Å². The van der Waals surface area contributed by atoms with Crippen LogP contribution in [0.1, 0.15) is 26.7 Å². The molecule has 0 aromatic carbocycles. The molecule has 7 nitrogen and oxygen atoms in total. The van der Waals surface area contributed by atoms with Gasteiger partial charge in [0.15, 0.2) is 0 Å². The van der Waals surface area contributed by atoms with Gasteiger partial charge in [0.2, 0.25) is 5.91 Å². The Labute approximate surface area is 105 Å². The van der Waals surface area contributed by atoms with E-state index >= 15 is 0 Å². The van der Waals surface area contributed by atoms with Gasteiger partial charge >= 0.3 is 12.0 Å². The zero-order valence-corrected chi connectivity index (χ0v) is 10.5. The minimum atomic E-state index is -0.822. The number of nitrogens with two attached hydrogens (primary N) is 1. The number of likely N-dealkylation sites (tertiary alicyclic amines) is 1. The maximum absolute atomic E-state index is 12.0. The molecular weight excluding hydrogens is 238 g/mol. The van der Waals surface area contributed by atoms with Crippen molar-refractivity contribution in [1.29, 1.82) is 0 Å². The van der Waals surface area contributed by atoms with E-state index in [4.69, 9.17) is 10.8 Å². The van der Waals surface area contributed by atoms with Crippen LogP contribution in [0, 0.1) is 5.92 Å². The molecule has 4 N–H and O–H groups in total. The fraction of sp³-hybridized carbons (Fsp3) is 0.727. The first-order valence-corrected chi connectivity index (χ1v) is 5.92. The van der Waals surface area contributed by atoms with Crippen LogP contribution in [0.25, 0.3) is 0 Å². The fourth-order valence-corrected chi connectivity index (χ4v) is 2.25. The van der Waals surface area contributed by atoms with E-state index in [0.29, 0.717) is 19.4 Å². The summed E-state index contributed by atoms with van der Waals surface area (Å²) in [5, 5.41) is 11.3. The summed E-state index contributed by atoms with van der Waals surface area (Å²) in [6, 6.07) is -1.58. The summed E-state index contributed by atoms with van der Waals surface area (Å²) >= 11 is 0. The van der Waals surface area contributed by atoms with Crippen LogP contribution in [0.3, 0.4) is 0 Å². The van der Waals surface area contributed by atoms with Gasteiger partial charge in [-0.2, -0.15) is 0 Å². The summed E-state index contributed by atoms with van der Waals surface area (Å²) in [5.74, 6) is -1.45. The second-order valence-electron chi connectivity index (χ2n) is 4.67. The molecule has 0 radical (unpaired) electrons. The van der Waals surface area contributed by atoms with Gasteiger partial charge in [-0.1, -0.05) is 0 Å². The first-order valence-electron chi connectivity index (χ1n) is 5.92. The van der Waals surface area contributed by atoms with Gasteiger partial charge in [0, 0.05) is 12.6 Å². The Kier molecular flexibility index (Phi) is 4.52. The standard InChI is InChI=1S/C11H19N3O4/c1-6-5-8(10(16)17)3-4-14(6)9(15)7(2)13-11(12)18/h6-8H,3-5H2,1-2H3,(H,16,17)(H3,12,13,18). The van der Waals surface area contributed by atoms with E-state index < -0.39 is 24.0 Å². The first kappa shape index (κ1) is 14.3. The largest absolute Gasteiger partial charge is 0.481 e. The summed E-state index contributed by atoms with van der Waals surface area (Å²) < 4.78 is 0. The maximum Gasteiger partial charge on any atom is 0.312 e. The highest BCUT2D eigenvalue weighted by Crippen LogP contribution is 2.23. The van der Waals surface area contributed by atoms with Crippen LogP contribution < -0.4 is 11.1 Å². The van der Waals surface area contributed by atoms with Gasteiger partial charge in [-0.25, -0.2) is 4.79 Å². The van der Waals surface area contributed by atoms with E-state index in [1.54, 1.807) is 11.8 Å². The van der Waals surface area contributed by atoms with Crippen LogP contribution in [-0.2, 0) is 9.59 Å². The van der Waals surface area contributed by atoms with Crippen molar-refractivity contribution in [3.8, 4) is 0 Å². The third kappa shape index (κ3) is 3.35. The van der Waals surface area contributed by atoms with Crippen molar-refractivity contribution in [2.45, 2.75) is 38.8 Å². The lowest BCUT2D eigenvalue weighted by Crippen LogP contribution is -2.53. The van der Waals surface area contributed by atoms with Crippen LogP contribution in [0.2, 0.25) is 0 Å². The highest BCUT2D eigenvalue weighted by Gasteiger charge is 2.33. The third-order valence-corrected chi connectivity index (χ3v) is 3.24. The lowest BCUT2D eigenvalue weighted by atomic mass is 9.91. The Morgan fingerprint density at radius 3 is 2.50 bits per heavy atom. The second kappa shape index (κ2) is 5.70. The fourth-order valence-electron chi connectivity index (χ4n) is 2.25. The smallest absolute Gasteiger partial charge is 0.312 e. The lowest BCUT2D eigenvalue weighted by molar-refractivity contribution is -0.147. The molecule has 1 fully saturated rings. The van der Waals surface area contributed by atoms with Crippen molar-refractivity contribution in [2.24, 2.45) is 11.7 Å². The average Bonchev–Trinajstić information content (AvgIpc) is 2.26. The topological polar surface area (TPSA) is 113 Å². The Balaban J connectivity index is 2.60. The SMILES string of the molecule is CC(NC(N)=O)C(=O)N1CCC(C(=O)O)CC1C. The number of carbonyl (C=O) groups is 3. The van der Waals surface area contributed by atoms with Crippen molar-refractivity contribution in [1.82, 2.24) is 10.2 Å². The van der Waals surface area contributed by atoms with Gasteiger partial charge in [-0.05, 0) is 26.7 Å². The van der Waals surface area contributed by atoms with E-state index in [0.717, 1.165) is 0 Å². The van der Waals surface area contributed by atoms with E-state index in [1.165, 1.54) is 0 Å². The van der Waals surface area contributed by atoms with Gasteiger partial charge in [-0.15, -0.1) is 0 Å². The van der Waals surface area contributed by atoms with E-state index in [9.17, 15) is 14.4 Å². The molecule has 1 rings (SSSR count). The number of amides is 3. The number of carbonyl (C=O) groups excluding carboxylic acids is 2. The molecule has 1 saturated heterocycles. The van der Waals surface area contributed by atoms with E-state index in [-0.39, 0.29) is 11.9 Å². The van der Waals surface area contributed by atoms with Gasteiger partial charge < -0.3 is 21.1 Å². The van der Waals surface area contributed by atoms with Gasteiger partial charge in [0.05, 0.1) is 5.92 Å². The molecule has 0 aliphatic carbocycles. The summed E-state index contributed by atoms with van der Waals surface area (Å²) in [7, 11) is 0. The summed E-state index contributed by atoms with van der Waals surface area (Å²) in [4.78, 5) is 35.2. The predicted octanol–water partition coefficient (Wildman–Crippen LogP) is -0.245. The monoisotopic (exact) mass is 257 g/mol. The summed E-state index contributed by atoms with van der Waals surface area (Å²) in [5.41, 5.74) is 4.96. The molecule has 3 atom stereocenters.